The van der Waals surface area contributed by atoms with Crippen LogP contribution < -0.4 is 0 Å². The summed E-state index contributed by atoms with van der Waals surface area (Å²) < 4.78 is 0. The van der Waals surface area contributed by atoms with Gasteiger partial charge in [0, 0.05) is 6.42 Å². The van der Waals surface area contributed by atoms with Gasteiger partial charge in [-0.05, 0) is 62.9 Å². The summed E-state index contributed by atoms with van der Waals surface area (Å²) in [7, 11) is 2.18. The predicted molar refractivity (Wildman–Crippen MR) is 76.5 cm³/mol. The molecule has 0 aromatic heterocycles. The van der Waals surface area contributed by atoms with Gasteiger partial charge in [0.15, 0.2) is 0 Å². The lowest BCUT2D eigenvalue weighted by Gasteiger charge is -2.18. The summed E-state index contributed by atoms with van der Waals surface area (Å²) >= 11 is 0. The first-order valence-corrected chi connectivity index (χ1v) is 7.15. The maximum Gasteiger partial charge on any atom is 0.303 e. The Hall–Kier alpha value is -1.35. The van der Waals surface area contributed by atoms with Gasteiger partial charge >= 0.3 is 5.97 Å². The van der Waals surface area contributed by atoms with Crippen molar-refractivity contribution < 1.29 is 9.90 Å². The quantitative estimate of drug-likeness (QED) is 0.906. The van der Waals surface area contributed by atoms with Gasteiger partial charge in [-0.3, -0.25) is 4.79 Å². The maximum atomic E-state index is 10.8. The Kier molecular flexibility index (Phi) is 4.97. The molecule has 1 atom stereocenters. The van der Waals surface area contributed by atoms with Crippen LogP contribution in [0.25, 0.3) is 0 Å². The summed E-state index contributed by atoms with van der Waals surface area (Å²) in [6, 6.07) is 8.37. The van der Waals surface area contributed by atoms with Gasteiger partial charge in [0.1, 0.15) is 0 Å². The molecule has 19 heavy (non-hydrogen) atoms. The number of nitrogens with zero attached hydrogens (tertiary/aromatic N) is 1. The third kappa shape index (κ3) is 4.06. The number of carboxylic acid groups (broad SMARTS) is 1. The molecule has 0 radical (unpaired) electrons. The monoisotopic (exact) mass is 261 g/mol. The topological polar surface area (TPSA) is 40.5 Å². The molecule has 104 valence electrons. The molecule has 3 nitrogen and oxygen atoms in total. The number of hydrogen-bond donors (Lipinski definition) is 1. The van der Waals surface area contributed by atoms with E-state index in [9.17, 15) is 4.79 Å². The van der Waals surface area contributed by atoms with Crippen LogP contribution in [0.2, 0.25) is 0 Å². The standard InChI is InChI=1S/C16H23NO2/c1-17-11-4-6-14(10-12-17)15-7-3-2-5-13(15)8-9-16(18)19/h2-3,5,7,14H,4,6,8-12H2,1H3,(H,18,19). The highest BCUT2D eigenvalue weighted by Gasteiger charge is 2.19. The average Bonchev–Trinajstić information content (AvgIpc) is 2.61. The number of rotatable bonds is 4. The Balaban J connectivity index is 2.11. The zero-order valence-electron chi connectivity index (χ0n) is 11.6. The number of aryl methyl sites for hydroxylation is 1. The van der Waals surface area contributed by atoms with Crippen LogP contribution in [0.4, 0.5) is 0 Å². The highest BCUT2D eigenvalue weighted by molar-refractivity contribution is 5.67. The molecule has 1 saturated heterocycles. The fourth-order valence-electron chi connectivity index (χ4n) is 2.95. The van der Waals surface area contributed by atoms with Gasteiger partial charge in [0.2, 0.25) is 0 Å². The Morgan fingerprint density at radius 1 is 1.32 bits per heavy atom. The van der Waals surface area contributed by atoms with Gasteiger partial charge in [-0.2, -0.15) is 0 Å². The molecule has 0 saturated carbocycles. The van der Waals surface area contributed by atoms with E-state index in [-0.39, 0.29) is 6.42 Å². The van der Waals surface area contributed by atoms with E-state index < -0.39 is 5.97 Å². The van der Waals surface area contributed by atoms with E-state index in [4.69, 9.17) is 5.11 Å². The van der Waals surface area contributed by atoms with Crippen LogP contribution in [-0.4, -0.2) is 36.1 Å². The Morgan fingerprint density at radius 2 is 2.11 bits per heavy atom. The molecule has 3 heteroatoms. The zero-order valence-corrected chi connectivity index (χ0v) is 11.6. The van der Waals surface area contributed by atoms with E-state index >= 15 is 0 Å². The van der Waals surface area contributed by atoms with E-state index in [0.29, 0.717) is 12.3 Å². The molecule has 1 aliphatic rings. The van der Waals surface area contributed by atoms with Crippen molar-refractivity contribution in [2.24, 2.45) is 0 Å². The zero-order chi connectivity index (χ0) is 13.7. The molecular formula is C16H23NO2. The minimum absolute atomic E-state index is 0.226. The number of benzene rings is 1. The number of aliphatic carboxylic acids is 1. The number of hydrogen-bond acceptors (Lipinski definition) is 2. The molecule has 1 heterocycles. The second-order valence-electron chi connectivity index (χ2n) is 5.52. The fraction of sp³-hybridized carbons (Fsp3) is 0.562. The minimum atomic E-state index is -0.713. The van der Waals surface area contributed by atoms with E-state index in [1.165, 1.54) is 36.9 Å². The van der Waals surface area contributed by atoms with Gasteiger partial charge < -0.3 is 10.0 Å². The van der Waals surface area contributed by atoms with Crippen LogP contribution in [-0.2, 0) is 11.2 Å². The fourth-order valence-corrected chi connectivity index (χ4v) is 2.95. The molecule has 0 aliphatic carbocycles. The number of carbonyl (C=O) groups is 1. The molecule has 1 aliphatic heterocycles. The first-order chi connectivity index (χ1) is 9.16. The summed E-state index contributed by atoms with van der Waals surface area (Å²) in [6.45, 7) is 2.31. The van der Waals surface area contributed by atoms with Crippen LogP contribution in [0, 0.1) is 0 Å². The van der Waals surface area contributed by atoms with Crippen LogP contribution in [0.3, 0.4) is 0 Å². The van der Waals surface area contributed by atoms with E-state index in [2.05, 4.69) is 30.1 Å². The molecule has 1 aromatic rings. The lowest BCUT2D eigenvalue weighted by Crippen LogP contribution is -2.18. The van der Waals surface area contributed by atoms with Crippen molar-refractivity contribution in [1.29, 1.82) is 0 Å². The molecule has 1 unspecified atom stereocenters. The van der Waals surface area contributed by atoms with E-state index in [1.807, 2.05) is 6.07 Å². The summed E-state index contributed by atoms with van der Waals surface area (Å²) in [5.41, 5.74) is 2.60. The summed E-state index contributed by atoms with van der Waals surface area (Å²) in [5, 5.41) is 8.85. The molecule has 0 bridgehead atoms. The van der Waals surface area contributed by atoms with Crippen molar-refractivity contribution >= 4 is 5.97 Å². The van der Waals surface area contributed by atoms with Crippen molar-refractivity contribution in [3.05, 3.63) is 35.4 Å². The summed E-state index contributed by atoms with van der Waals surface area (Å²) in [4.78, 5) is 13.1. The average molecular weight is 261 g/mol. The summed E-state index contributed by atoms with van der Waals surface area (Å²) in [6.07, 6.45) is 4.50. The maximum absolute atomic E-state index is 10.8. The van der Waals surface area contributed by atoms with Crippen molar-refractivity contribution in [1.82, 2.24) is 4.90 Å². The van der Waals surface area contributed by atoms with Crippen molar-refractivity contribution in [3.8, 4) is 0 Å². The van der Waals surface area contributed by atoms with E-state index in [0.717, 1.165) is 6.54 Å². The second-order valence-corrected chi connectivity index (χ2v) is 5.52. The Bertz CT molecular complexity index is 431. The molecule has 0 amide bonds. The molecule has 1 fully saturated rings. The Morgan fingerprint density at radius 3 is 2.89 bits per heavy atom. The number of likely N-dealkylation sites (tertiary alicyclic amines) is 1. The summed E-state index contributed by atoms with van der Waals surface area (Å²) in [5.74, 6) is -0.120. The second kappa shape index (κ2) is 6.71. The van der Waals surface area contributed by atoms with Crippen LogP contribution in [0.15, 0.2) is 24.3 Å². The Labute approximate surface area is 115 Å². The van der Waals surface area contributed by atoms with Crippen molar-refractivity contribution in [2.45, 2.75) is 38.0 Å². The van der Waals surface area contributed by atoms with Gasteiger partial charge in [0.05, 0.1) is 0 Å². The van der Waals surface area contributed by atoms with Gasteiger partial charge in [-0.15, -0.1) is 0 Å². The van der Waals surface area contributed by atoms with Gasteiger partial charge in [-0.1, -0.05) is 24.3 Å². The third-order valence-electron chi connectivity index (χ3n) is 4.05. The molecule has 1 N–H and O–H groups in total. The van der Waals surface area contributed by atoms with Gasteiger partial charge in [0.25, 0.3) is 0 Å². The highest BCUT2D eigenvalue weighted by Crippen LogP contribution is 2.30. The highest BCUT2D eigenvalue weighted by atomic mass is 16.4. The number of carboxylic acids is 1. The SMILES string of the molecule is CN1CCCC(c2ccccc2CCC(=O)O)CC1. The van der Waals surface area contributed by atoms with Crippen LogP contribution in [0.5, 0.6) is 0 Å². The minimum Gasteiger partial charge on any atom is -0.481 e. The molecular weight excluding hydrogens is 238 g/mol. The van der Waals surface area contributed by atoms with Crippen molar-refractivity contribution in [3.63, 3.8) is 0 Å². The predicted octanol–water partition coefficient (Wildman–Crippen LogP) is 2.90. The van der Waals surface area contributed by atoms with Crippen molar-refractivity contribution in [2.75, 3.05) is 20.1 Å². The van der Waals surface area contributed by atoms with Crippen LogP contribution in [0.1, 0.15) is 42.7 Å². The normalized spacial score (nSPS) is 21.0. The molecule has 2 rings (SSSR count). The molecule has 1 aromatic carbocycles. The lowest BCUT2D eigenvalue weighted by atomic mass is 9.87. The first-order valence-electron chi connectivity index (χ1n) is 7.15. The molecule has 0 spiro atoms. The van der Waals surface area contributed by atoms with Gasteiger partial charge in [-0.25, -0.2) is 0 Å². The van der Waals surface area contributed by atoms with E-state index in [1.54, 1.807) is 0 Å². The first kappa shape index (κ1) is 14.1. The third-order valence-corrected chi connectivity index (χ3v) is 4.05. The smallest absolute Gasteiger partial charge is 0.303 e. The largest absolute Gasteiger partial charge is 0.481 e. The lowest BCUT2D eigenvalue weighted by molar-refractivity contribution is -0.136. The van der Waals surface area contributed by atoms with Crippen LogP contribution >= 0.6 is 0 Å².